The summed E-state index contributed by atoms with van der Waals surface area (Å²) in [5.41, 5.74) is -0.802. The second-order valence-corrected chi connectivity index (χ2v) is 11.0. The van der Waals surface area contributed by atoms with Crippen LogP contribution in [0.2, 0.25) is 0 Å². The highest BCUT2D eigenvalue weighted by Crippen LogP contribution is 2.39. The van der Waals surface area contributed by atoms with Crippen molar-refractivity contribution in [2.45, 2.75) is 124 Å². The van der Waals surface area contributed by atoms with Crippen LogP contribution in [0.5, 0.6) is 0 Å². The second-order valence-electron chi connectivity index (χ2n) is 11.0. The van der Waals surface area contributed by atoms with E-state index < -0.39 is 29.6 Å². The summed E-state index contributed by atoms with van der Waals surface area (Å²) in [6.45, 7) is 16.1. The first kappa shape index (κ1) is 30.2. The zero-order valence-corrected chi connectivity index (χ0v) is 22.5. The van der Waals surface area contributed by atoms with Crippen molar-refractivity contribution in [2.75, 3.05) is 6.61 Å². The van der Waals surface area contributed by atoms with E-state index in [0.717, 1.165) is 25.7 Å². The highest BCUT2D eigenvalue weighted by atomic mass is 16.6. The maximum Gasteiger partial charge on any atom is 0.407 e. The van der Waals surface area contributed by atoms with Crippen LogP contribution in [0, 0.1) is 17.8 Å². The summed E-state index contributed by atoms with van der Waals surface area (Å²) in [6, 6.07) is -0.239. The number of carbonyl (C=O) groups is 3. The molecule has 8 nitrogen and oxygen atoms in total. The first-order valence-electron chi connectivity index (χ1n) is 12.9. The summed E-state index contributed by atoms with van der Waals surface area (Å²) < 4.78 is 11.8. The molecule has 4 atom stereocenters. The van der Waals surface area contributed by atoms with Crippen molar-refractivity contribution in [3.05, 3.63) is 0 Å². The average Bonchev–Trinajstić information content (AvgIpc) is 3.10. The number of carboxylic acids is 1. The van der Waals surface area contributed by atoms with E-state index in [9.17, 15) is 19.5 Å². The van der Waals surface area contributed by atoms with Crippen LogP contribution < -0.4 is 10.6 Å². The molecule has 0 aliphatic heterocycles. The van der Waals surface area contributed by atoms with Gasteiger partial charge < -0.3 is 25.2 Å². The van der Waals surface area contributed by atoms with Gasteiger partial charge in [0, 0.05) is 31.0 Å². The zero-order chi connectivity index (χ0) is 26.1. The maximum absolute atomic E-state index is 12.9. The highest BCUT2D eigenvalue weighted by Gasteiger charge is 2.48. The number of alkyl carbamates (subject to hydrolysis) is 1. The van der Waals surface area contributed by atoms with E-state index in [-0.39, 0.29) is 29.4 Å². The molecule has 198 valence electrons. The first-order chi connectivity index (χ1) is 15.8. The molecule has 0 bridgehead atoms. The fraction of sp³-hybridized carbons (Fsp3) is 0.885. The van der Waals surface area contributed by atoms with E-state index in [4.69, 9.17) is 9.47 Å². The largest absolute Gasteiger partial charge is 0.481 e. The Hall–Kier alpha value is -1.83. The van der Waals surface area contributed by atoms with Gasteiger partial charge in [0.15, 0.2) is 0 Å². The maximum atomic E-state index is 12.9. The van der Waals surface area contributed by atoms with Crippen molar-refractivity contribution < 1.29 is 29.0 Å². The fourth-order valence-corrected chi connectivity index (χ4v) is 5.17. The van der Waals surface area contributed by atoms with Crippen LogP contribution in [0.4, 0.5) is 4.79 Å². The summed E-state index contributed by atoms with van der Waals surface area (Å²) in [5, 5.41) is 15.7. The van der Waals surface area contributed by atoms with Gasteiger partial charge in [0.2, 0.25) is 5.91 Å². The standard InChI is InChI=1S/C26H48N2O6/c1-9-14-26(7,8)33-16-15-25(5,6)28-24(32)34-22-19(12-13-20(22)23(30)31)21(27-17(4)29)18(10-2)11-3/h18-22H,9-16H2,1-8H3,(H,27,29)(H,28,32)(H,30,31)/t19-,20+,21-,22+/m1/s1. The van der Waals surface area contributed by atoms with E-state index in [2.05, 4.69) is 45.3 Å². The van der Waals surface area contributed by atoms with Gasteiger partial charge in [0.1, 0.15) is 6.10 Å². The number of carbonyl (C=O) groups excluding carboxylic acids is 2. The van der Waals surface area contributed by atoms with Crippen LogP contribution in [-0.2, 0) is 19.1 Å². The molecule has 0 aromatic carbocycles. The number of hydrogen-bond donors (Lipinski definition) is 3. The Balaban J connectivity index is 2.91. The predicted molar refractivity (Wildman–Crippen MR) is 133 cm³/mol. The molecule has 0 unspecified atom stereocenters. The second kappa shape index (κ2) is 13.3. The molecule has 8 heteroatoms. The molecule has 0 aromatic heterocycles. The number of nitrogens with one attached hydrogen (secondary N) is 2. The Morgan fingerprint density at radius 2 is 1.65 bits per heavy atom. The fourth-order valence-electron chi connectivity index (χ4n) is 5.17. The van der Waals surface area contributed by atoms with Crippen LogP contribution in [-0.4, -0.2) is 53.0 Å². The third-order valence-corrected chi connectivity index (χ3v) is 7.09. The van der Waals surface area contributed by atoms with E-state index in [1.807, 2.05) is 13.8 Å². The normalized spacial score (nSPS) is 21.9. The SMILES string of the molecule is CCCC(C)(C)OCCC(C)(C)NC(=O)O[C@H]1[C@@H]([C@H](NC(C)=O)C(CC)CC)CC[C@@H]1C(=O)O. The molecular weight excluding hydrogens is 436 g/mol. The number of ether oxygens (including phenoxy) is 2. The van der Waals surface area contributed by atoms with Gasteiger partial charge in [-0.2, -0.15) is 0 Å². The molecule has 0 radical (unpaired) electrons. The molecule has 1 saturated carbocycles. The minimum Gasteiger partial charge on any atom is -0.481 e. The summed E-state index contributed by atoms with van der Waals surface area (Å²) in [6.07, 6.45) is 3.83. The van der Waals surface area contributed by atoms with E-state index in [1.54, 1.807) is 0 Å². The molecule has 2 amide bonds. The quantitative estimate of drug-likeness (QED) is 0.323. The van der Waals surface area contributed by atoms with Gasteiger partial charge in [0.25, 0.3) is 0 Å². The van der Waals surface area contributed by atoms with Gasteiger partial charge >= 0.3 is 12.1 Å². The van der Waals surface area contributed by atoms with Gasteiger partial charge in [-0.05, 0) is 59.3 Å². The number of carboxylic acid groups (broad SMARTS) is 1. The van der Waals surface area contributed by atoms with Gasteiger partial charge in [-0.3, -0.25) is 9.59 Å². The summed E-state index contributed by atoms with van der Waals surface area (Å²) in [7, 11) is 0. The Morgan fingerprint density at radius 1 is 1.03 bits per heavy atom. The van der Waals surface area contributed by atoms with Crippen molar-refractivity contribution in [3.8, 4) is 0 Å². The number of aliphatic carboxylic acids is 1. The molecule has 1 rings (SSSR count). The first-order valence-corrected chi connectivity index (χ1v) is 12.9. The molecule has 1 fully saturated rings. The van der Waals surface area contributed by atoms with Crippen LogP contribution in [0.1, 0.15) is 100 Å². The lowest BCUT2D eigenvalue weighted by molar-refractivity contribution is -0.145. The molecule has 0 spiro atoms. The molecule has 1 aliphatic carbocycles. The van der Waals surface area contributed by atoms with Gasteiger partial charge in [-0.1, -0.05) is 40.0 Å². The summed E-state index contributed by atoms with van der Waals surface area (Å²) in [4.78, 5) is 36.8. The summed E-state index contributed by atoms with van der Waals surface area (Å²) in [5.74, 6) is -2.00. The van der Waals surface area contributed by atoms with E-state index in [0.29, 0.717) is 25.9 Å². The number of hydrogen-bond acceptors (Lipinski definition) is 5. The topological polar surface area (TPSA) is 114 Å². The van der Waals surface area contributed by atoms with E-state index >= 15 is 0 Å². The minimum atomic E-state index is -0.975. The van der Waals surface area contributed by atoms with Crippen molar-refractivity contribution in [1.29, 1.82) is 0 Å². The van der Waals surface area contributed by atoms with Gasteiger partial charge in [0.05, 0.1) is 11.5 Å². The number of amides is 2. The van der Waals surface area contributed by atoms with Crippen molar-refractivity contribution in [3.63, 3.8) is 0 Å². The van der Waals surface area contributed by atoms with E-state index in [1.165, 1.54) is 6.92 Å². The summed E-state index contributed by atoms with van der Waals surface area (Å²) >= 11 is 0. The minimum absolute atomic E-state index is 0.161. The van der Waals surface area contributed by atoms with Crippen LogP contribution in [0.3, 0.4) is 0 Å². The Kier molecular flexibility index (Phi) is 11.8. The highest BCUT2D eigenvalue weighted by molar-refractivity contribution is 5.74. The zero-order valence-electron chi connectivity index (χ0n) is 22.5. The van der Waals surface area contributed by atoms with Crippen LogP contribution >= 0.6 is 0 Å². The molecule has 0 saturated heterocycles. The number of rotatable bonds is 14. The van der Waals surface area contributed by atoms with Crippen molar-refractivity contribution >= 4 is 18.0 Å². The predicted octanol–water partition coefficient (Wildman–Crippen LogP) is 4.90. The molecule has 0 aromatic rings. The molecular formula is C26H48N2O6. The lowest BCUT2D eigenvalue weighted by atomic mass is 9.82. The molecule has 3 N–H and O–H groups in total. The molecule has 34 heavy (non-hydrogen) atoms. The third-order valence-electron chi connectivity index (χ3n) is 7.09. The van der Waals surface area contributed by atoms with Crippen LogP contribution in [0.25, 0.3) is 0 Å². The van der Waals surface area contributed by atoms with Crippen LogP contribution in [0.15, 0.2) is 0 Å². The molecule has 1 aliphatic rings. The van der Waals surface area contributed by atoms with Gasteiger partial charge in [-0.25, -0.2) is 4.79 Å². The Morgan fingerprint density at radius 3 is 2.15 bits per heavy atom. The van der Waals surface area contributed by atoms with Crippen molar-refractivity contribution in [1.82, 2.24) is 10.6 Å². The lowest BCUT2D eigenvalue weighted by Gasteiger charge is -2.36. The third kappa shape index (κ3) is 9.43. The van der Waals surface area contributed by atoms with Gasteiger partial charge in [-0.15, -0.1) is 0 Å². The monoisotopic (exact) mass is 484 g/mol. The molecule has 0 heterocycles. The Labute approximate surface area is 205 Å². The van der Waals surface area contributed by atoms with Crippen molar-refractivity contribution in [2.24, 2.45) is 17.8 Å². The Bertz CT molecular complexity index is 674. The lowest BCUT2D eigenvalue weighted by Crippen LogP contribution is -2.51. The smallest absolute Gasteiger partial charge is 0.407 e. The average molecular weight is 485 g/mol.